The molecule has 3 aromatic rings. The molecule has 248 valence electrons. The van der Waals surface area contributed by atoms with Crippen LogP contribution in [0.4, 0.5) is 35.8 Å². The van der Waals surface area contributed by atoms with Gasteiger partial charge in [0, 0.05) is 18.3 Å². The zero-order chi connectivity index (χ0) is 33.8. The molecule has 2 amide bonds. The molecule has 0 aliphatic carbocycles. The molecule has 45 heavy (non-hydrogen) atoms. The van der Waals surface area contributed by atoms with Crippen molar-refractivity contribution in [3.63, 3.8) is 0 Å². The number of nitrogens with zero attached hydrogens (tertiary/aromatic N) is 6. The summed E-state index contributed by atoms with van der Waals surface area (Å²) in [5, 5.41) is 8.20. The van der Waals surface area contributed by atoms with Crippen molar-refractivity contribution in [1.29, 1.82) is 0 Å². The number of hydrogen-bond donors (Lipinski definition) is 4. The molecule has 0 bridgehead atoms. The van der Waals surface area contributed by atoms with Gasteiger partial charge in [0.15, 0.2) is 17.5 Å². The minimum atomic E-state index is -4.70. The number of thioether (sulfide) groups is 1. The predicted octanol–water partition coefficient (Wildman–Crippen LogP) is 3.57. The van der Waals surface area contributed by atoms with Crippen LogP contribution in [0.2, 0.25) is 0 Å². The smallest absolute Gasteiger partial charge is 0.422 e. The molecule has 0 radical (unpaired) electrons. The Hall–Kier alpha value is -4.40. The van der Waals surface area contributed by atoms with Crippen molar-refractivity contribution in [3.8, 4) is 17.5 Å². The number of nitrogens with one attached hydrogen (secondary N) is 4. The van der Waals surface area contributed by atoms with E-state index in [1.54, 1.807) is 4.72 Å². The van der Waals surface area contributed by atoms with Gasteiger partial charge in [-0.1, -0.05) is 11.8 Å². The van der Waals surface area contributed by atoms with E-state index in [1.807, 2.05) is 11.6 Å². The lowest BCUT2D eigenvalue weighted by Gasteiger charge is -2.13. The van der Waals surface area contributed by atoms with Gasteiger partial charge in [0.1, 0.15) is 0 Å². The fourth-order valence-electron chi connectivity index (χ4n) is 2.91. The number of ether oxygens (including phenoxy) is 3. The van der Waals surface area contributed by atoms with Gasteiger partial charge in [-0.3, -0.25) is 5.32 Å². The van der Waals surface area contributed by atoms with Crippen molar-refractivity contribution < 1.29 is 40.6 Å². The van der Waals surface area contributed by atoms with E-state index in [1.165, 1.54) is 38.1 Å². The summed E-state index contributed by atoms with van der Waals surface area (Å²) in [5.41, 5.74) is 0. The number of halogens is 3. The third-order valence-corrected chi connectivity index (χ3v) is 6.38. The molecule has 0 saturated carbocycles. The van der Waals surface area contributed by atoms with Gasteiger partial charge in [-0.05, 0) is 46.1 Å². The Balaban J connectivity index is 0.000000372. The summed E-state index contributed by atoms with van der Waals surface area (Å²) in [4.78, 5) is 35.9. The van der Waals surface area contributed by atoms with Crippen LogP contribution in [-0.4, -0.2) is 89.7 Å². The van der Waals surface area contributed by atoms with E-state index in [0.29, 0.717) is 24.0 Å². The highest BCUT2D eigenvalue weighted by Crippen LogP contribution is 2.24. The predicted molar refractivity (Wildman–Crippen MR) is 159 cm³/mol. The largest absolute Gasteiger partial charge is 0.481 e. The Morgan fingerprint density at radius 3 is 1.96 bits per heavy atom. The molecule has 0 aromatic carbocycles. The average molecular weight is 679 g/mol. The number of anilines is 3. The van der Waals surface area contributed by atoms with E-state index in [-0.39, 0.29) is 17.7 Å². The van der Waals surface area contributed by atoms with E-state index in [2.05, 4.69) is 73.0 Å². The maximum Gasteiger partial charge on any atom is 0.422 e. The number of rotatable bonds is 12. The van der Waals surface area contributed by atoms with Crippen molar-refractivity contribution in [2.45, 2.75) is 56.1 Å². The van der Waals surface area contributed by atoms with Gasteiger partial charge >= 0.3 is 12.2 Å². The van der Waals surface area contributed by atoms with E-state index in [4.69, 9.17) is 9.47 Å². The Kier molecular flexibility index (Phi) is 13.6. The van der Waals surface area contributed by atoms with Crippen molar-refractivity contribution in [2.75, 3.05) is 43.0 Å². The third kappa shape index (κ3) is 13.0. The number of aromatic nitrogens is 6. The number of pyridine rings is 1. The number of hydrogen-bond acceptors (Lipinski definition) is 15. The molecule has 0 fully saturated rings. The van der Waals surface area contributed by atoms with Gasteiger partial charge in [0.05, 0.1) is 20.3 Å². The molecule has 3 rings (SSSR count). The molecule has 3 aromatic heterocycles. The van der Waals surface area contributed by atoms with Gasteiger partial charge in [-0.25, -0.2) is 14.5 Å². The minimum absolute atomic E-state index is 0.0163. The second kappa shape index (κ2) is 16.6. The van der Waals surface area contributed by atoms with Gasteiger partial charge in [0.2, 0.25) is 34.6 Å². The summed E-state index contributed by atoms with van der Waals surface area (Å²) in [6.45, 7) is 6.47. The van der Waals surface area contributed by atoms with Crippen LogP contribution < -0.4 is 34.9 Å². The number of urea groups is 1. The SMILES string of the molecule is COc1cc(OC)nc(NC(=O)NS(=O)(=O)c2ncccc2OCC(F)(F)F)n1.CSc1nc(NC(C)C)nc(NC(C)C)n1. The molecule has 0 aliphatic heterocycles. The summed E-state index contributed by atoms with van der Waals surface area (Å²) in [6.07, 6.45) is -1.75. The fraction of sp³-hybridized carbons (Fsp3) is 0.458. The first-order valence-electron chi connectivity index (χ1n) is 12.8. The highest BCUT2D eigenvalue weighted by Gasteiger charge is 2.31. The first-order valence-corrected chi connectivity index (χ1v) is 15.5. The van der Waals surface area contributed by atoms with Crippen molar-refractivity contribution in [1.82, 2.24) is 34.6 Å². The summed E-state index contributed by atoms with van der Waals surface area (Å²) in [6, 6.07) is 2.74. The van der Waals surface area contributed by atoms with Gasteiger partial charge in [-0.2, -0.15) is 46.5 Å². The lowest BCUT2D eigenvalue weighted by molar-refractivity contribution is -0.153. The van der Waals surface area contributed by atoms with Crippen LogP contribution in [0.25, 0.3) is 0 Å². The lowest BCUT2D eigenvalue weighted by Crippen LogP contribution is -2.35. The van der Waals surface area contributed by atoms with Crippen molar-refractivity contribution in [2.24, 2.45) is 0 Å². The van der Waals surface area contributed by atoms with Crippen LogP contribution in [0.5, 0.6) is 17.5 Å². The molecular formula is C24H33F3N10O6S2. The molecule has 0 unspecified atom stereocenters. The van der Waals surface area contributed by atoms with Crippen LogP contribution in [0.15, 0.2) is 34.6 Å². The maximum absolute atomic E-state index is 12.3. The number of carbonyl (C=O) groups excluding carboxylic acids is 1. The number of amides is 2. The summed E-state index contributed by atoms with van der Waals surface area (Å²) in [5.74, 6) is 0.230. The van der Waals surface area contributed by atoms with Crippen LogP contribution in [0, 0.1) is 0 Å². The molecule has 3 heterocycles. The number of methoxy groups -OCH3 is 2. The van der Waals surface area contributed by atoms with E-state index in [0.717, 1.165) is 17.4 Å². The zero-order valence-corrected chi connectivity index (χ0v) is 26.9. The Bertz CT molecular complexity index is 1480. The second-order valence-electron chi connectivity index (χ2n) is 9.11. The number of alkyl halides is 3. The molecule has 0 saturated heterocycles. The van der Waals surface area contributed by atoms with Crippen LogP contribution in [-0.2, 0) is 10.0 Å². The first kappa shape index (κ1) is 36.8. The minimum Gasteiger partial charge on any atom is -0.481 e. The highest BCUT2D eigenvalue weighted by atomic mass is 32.2. The maximum atomic E-state index is 12.3. The average Bonchev–Trinajstić information content (AvgIpc) is 2.94. The Morgan fingerprint density at radius 1 is 0.933 bits per heavy atom. The third-order valence-electron chi connectivity index (χ3n) is 4.56. The van der Waals surface area contributed by atoms with Crippen LogP contribution in [0.1, 0.15) is 27.7 Å². The topological polar surface area (TPSA) is 204 Å². The van der Waals surface area contributed by atoms with Gasteiger partial charge in [0.25, 0.3) is 10.0 Å². The monoisotopic (exact) mass is 678 g/mol. The van der Waals surface area contributed by atoms with E-state index in [9.17, 15) is 26.4 Å². The normalized spacial score (nSPS) is 11.3. The quantitative estimate of drug-likeness (QED) is 0.202. The molecule has 0 atom stereocenters. The molecule has 16 nitrogen and oxygen atoms in total. The van der Waals surface area contributed by atoms with Gasteiger partial charge in [-0.15, -0.1) is 0 Å². The zero-order valence-electron chi connectivity index (χ0n) is 25.3. The molecular weight excluding hydrogens is 645 g/mol. The number of carbonyl (C=O) groups is 1. The van der Waals surface area contributed by atoms with Crippen LogP contribution in [0.3, 0.4) is 0 Å². The number of sulfonamides is 1. The van der Waals surface area contributed by atoms with E-state index < -0.39 is 39.6 Å². The van der Waals surface area contributed by atoms with Gasteiger partial charge < -0.3 is 24.8 Å². The summed E-state index contributed by atoms with van der Waals surface area (Å²) < 4.78 is 77.5. The van der Waals surface area contributed by atoms with Crippen LogP contribution >= 0.6 is 11.8 Å². The molecule has 0 spiro atoms. The standard InChI is InChI=1S/C14H14F3N5O6S.C10H19N5S/c1-26-9-6-10(27-2)20-12(19-9)21-13(23)22-29(24,25)11-8(4-3-5-18-11)28-7-14(15,16)17;1-6(2)11-8-13-9(12-7(3)4)15-10(14-8)16-5/h3-6H,7H2,1-2H3,(H2,19,20,21,22,23);6-7H,1-5H3,(H2,11,12,13,14,15). The highest BCUT2D eigenvalue weighted by molar-refractivity contribution is 7.98. The Labute approximate surface area is 261 Å². The first-order chi connectivity index (χ1) is 21.0. The van der Waals surface area contributed by atoms with E-state index >= 15 is 0 Å². The Morgan fingerprint density at radius 2 is 1.49 bits per heavy atom. The second-order valence-corrected chi connectivity index (χ2v) is 11.5. The van der Waals surface area contributed by atoms with Crippen molar-refractivity contribution >= 4 is 45.7 Å². The molecule has 0 aliphatic rings. The van der Waals surface area contributed by atoms with Crippen molar-refractivity contribution in [3.05, 3.63) is 24.4 Å². The lowest BCUT2D eigenvalue weighted by atomic mass is 10.4. The summed E-state index contributed by atoms with van der Waals surface area (Å²) in [7, 11) is -2.11. The fourth-order valence-corrected chi connectivity index (χ4v) is 4.25. The molecule has 21 heteroatoms. The molecule has 4 N–H and O–H groups in total. The summed E-state index contributed by atoms with van der Waals surface area (Å²) >= 11 is 1.51.